The minimum absolute atomic E-state index is 0.0498. The number of furan rings is 1. The van der Waals surface area contributed by atoms with Crippen LogP contribution in [0.3, 0.4) is 0 Å². The summed E-state index contributed by atoms with van der Waals surface area (Å²) in [4.78, 5) is 26.5. The Bertz CT molecular complexity index is 1340. The van der Waals surface area contributed by atoms with E-state index < -0.39 is 30.1 Å². The van der Waals surface area contributed by atoms with Crippen LogP contribution >= 0.6 is 11.3 Å². The Morgan fingerprint density at radius 2 is 2.05 bits per heavy atom. The SMILES string of the molecule is CC(C)(C)[C@@H]1CCc2c(sc(NC(=O)c3cc4n(n3)[C@H](C(F)(F)F)C[C@@H](c3ccco3)N4)c2C(N)=O)C1. The minimum Gasteiger partial charge on any atom is -0.467 e. The molecule has 0 radical (unpaired) electrons. The van der Waals surface area contributed by atoms with Crippen molar-refractivity contribution in [3.05, 3.63) is 51.9 Å². The average molecular weight is 536 g/mol. The second-order valence-corrected chi connectivity index (χ2v) is 11.8. The summed E-state index contributed by atoms with van der Waals surface area (Å²) in [5.41, 5.74) is 6.68. The van der Waals surface area contributed by atoms with Gasteiger partial charge in [0, 0.05) is 17.4 Å². The van der Waals surface area contributed by atoms with E-state index in [4.69, 9.17) is 10.2 Å². The maximum atomic E-state index is 13.9. The zero-order valence-electron chi connectivity index (χ0n) is 20.6. The van der Waals surface area contributed by atoms with Crippen molar-refractivity contribution in [3.8, 4) is 0 Å². The molecule has 1 aliphatic carbocycles. The van der Waals surface area contributed by atoms with Crippen LogP contribution in [-0.2, 0) is 12.8 Å². The summed E-state index contributed by atoms with van der Waals surface area (Å²) in [6.45, 7) is 6.52. The number of aromatic nitrogens is 2. The molecule has 0 unspecified atom stereocenters. The van der Waals surface area contributed by atoms with Crippen molar-refractivity contribution in [3.63, 3.8) is 0 Å². The largest absolute Gasteiger partial charge is 0.467 e. The van der Waals surface area contributed by atoms with E-state index in [2.05, 4.69) is 36.5 Å². The predicted molar refractivity (Wildman–Crippen MR) is 133 cm³/mol. The van der Waals surface area contributed by atoms with Crippen molar-refractivity contribution >= 4 is 34.0 Å². The van der Waals surface area contributed by atoms with Gasteiger partial charge in [0.1, 0.15) is 16.6 Å². The van der Waals surface area contributed by atoms with Gasteiger partial charge in [-0.1, -0.05) is 20.8 Å². The van der Waals surface area contributed by atoms with Crippen molar-refractivity contribution in [2.24, 2.45) is 17.1 Å². The van der Waals surface area contributed by atoms with Crippen LogP contribution in [0.15, 0.2) is 28.9 Å². The van der Waals surface area contributed by atoms with E-state index in [1.807, 2.05) is 0 Å². The van der Waals surface area contributed by atoms with Crippen LogP contribution in [0.25, 0.3) is 0 Å². The van der Waals surface area contributed by atoms with Gasteiger partial charge in [-0.3, -0.25) is 9.59 Å². The fourth-order valence-electron chi connectivity index (χ4n) is 5.20. The number of rotatable bonds is 4. The number of nitrogens with one attached hydrogen (secondary N) is 2. The molecule has 1 aliphatic heterocycles. The molecule has 0 bridgehead atoms. The van der Waals surface area contributed by atoms with E-state index in [0.717, 1.165) is 28.0 Å². The highest BCUT2D eigenvalue weighted by Gasteiger charge is 2.47. The molecule has 5 rings (SSSR count). The summed E-state index contributed by atoms with van der Waals surface area (Å²) < 4.78 is 47.8. The van der Waals surface area contributed by atoms with E-state index >= 15 is 0 Å². The Labute approximate surface area is 215 Å². The third-order valence-electron chi connectivity index (χ3n) is 7.27. The van der Waals surface area contributed by atoms with Gasteiger partial charge in [-0.15, -0.1) is 11.3 Å². The van der Waals surface area contributed by atoms with E-state index in [0.29, 0.717) is 23.1 Å². The first-order valence-electron chi connectivity index (χ1n) is 12.0. The zero-order chi connectivity index (χ0) is 26.7. The highest BCUT2D eigenvalue weighted by molar-refractivity contribution is 7.17. The standard InChI is InChI=1S/C25H28F3N5O3S/c1-24(2,3)12-6-7-13-17(9-12)37-23(20(13)21(29)34)31-22(35)15-11-19-30-14(16-5-4-8-36-16)10-18(25(26,27)28)33(19)32-15/h4-5,8,11-12,14,18,30H,6-7,9-10H2,1-3H3,(H2,29,34)(H,31,35)/t12-,14+,18+/m1/s1. The lowest BCUT2D eigenvalue weighted by Crippen LogP contribution is -2.35. The maximum Gasteiger partial charge on any atom is 0.410 e. The first-order valence-corrected chi connectivity index (χ1v) is 12.9. The highest BCUT2D eigenvalue weighted by atomic mass is 32.1. The molecule has 3 aromatic heterocycles. The fraction of sp³-hybridized carbons (Fsp3) is 0.480. The summed E-state index contributed by atoms with van der Waals surface area (Å²) >= 11 is 1.30. The normalized spacial score (nSPS) is 21.6. The number of thiophene rings is 1. The van der Waals surface area contributed by atoms with Crippen molar-refractivity contribution in [2.75, 3.05) is 10.6 Å². The number of amides is 2. The lowest BCUT2D eigenvalue weighted by molar-refractivity contribution is -0.174. The third-order valence-corrected chi connectivity index (χ3v) is 8.44. The highest BCUT2D eigenvalue weighted by Crippen LogP contribution is 2.45. The molecule has 0 saturated carbocycles. The molecular formula is C25H28F3N5O3S. The van der Waals surface area contributed by atoms with Crippen LogP contribution in [0, 0.1) is 11.3 Å². The van der Waals surface area contributed by atoms with E-state index in [1.54, 1.807) is 12.1 Å². The quantitative estimate of drug-likeness (QED) is 0.396. The van der Waals surface area contributed by atoms with Crippen LogP contribution in [0.5, 0.6) is 0 Å². The summed E-state index contributed by atoms with van der Waals surface area (Å²) in [7, 11) is 0. The summed E-state index contributed by atoms with van der Waals surface area (Å²) in [5.74, 6) is -0.542. The number of halogens is 3. The number of nitrogens with zero attached hydrogens (tertiary/aromatic N) is 2. The van der Waals surface area contributed by atoms with Gasteiger partial charge in [0.05, 0.1) is 17.9 Å². The van der Waals surface area contributed by atoms with Crippen LogP contribution in [0.2, 0.25) is 0 Å². The molecule has 3 atom stereocenters. The lowest BCUT2D eigenvalue weighted by Gasteiger charge is -2.33. The van der Waals surface area contributed by atoms with Crippen LogP contribution in [-0.4, -0.2) is 27.8 Å². The smallest absolute Gasteiger partial charge is 0.410 e. The number of primary amides is 1. The van der Waals surface area contributed by atoms with Crippen LogP contribution in [0.4, 0.5) is 24.0 Å². The molecule has 3 aromatic rings. The molecule has 0 aromatic carbocycles. The molecule has 4 N–H and O–H groups in total. The van der Waals surface area contributed by atoms with Crippen molar-refractivity contribution in [1.82, 2.24) is 9.78 Å². The summed E-state index contributed by atoms with van der Waals surface area (Å²) in [6.07, 6.45) is -1.20. The first kappa shape index (κ1) is 25.4. The monoisotopic (exact) mass is 535 g/mol. The average Bonchev–Trinajstić information content (AvgIpc) is 3.53. The van der Waals surface area contributed by atoms with Gasteiger partial charge >= 0.3 is 6.18 Å². The summed E-state index contributed by atoms with van der Waals surface area (Å²) in [6, 6.07) is 1.80. The van der Waals surface area contributed by atoms with Gasteiger partial charge in [0.15, 0.2) is 11.7 Å². The number of hydrogen-bond donors (Lipinski definition) is 3. The van der Waals surface area contributed by atoms with Gasteiger partial charge in [-0.2, -0.15) is 18.3 Å². The Morgan fingerprint density at radius 1 is 1.30 bits per heavy atom. The second-order valence-electron chi connectivity index (χ2n) is 10.7. The van der Waals surface area contributed by atoms with Crippen LogP contribution < -0.4 is 16.4 Å². The topological polar surface area (TPSA) is 115 Å². The number of carbonyl (C=O) groups excluding carboxylic acids is 2. The Balaban J connectivity index is 1.44. The molecule has 0 saturated heterocycles. The number of nitrogens with two attached hydrogens (primary N) is 1. The number of alkyl halides is 3. The van der Waals surface area contributed by atoms with Gasteiger partial charge in [-0.05, 0) is 48.3 Å². The second kappa shape index (κ2) is 8.93. The molecule has 198 valence electrons. The number of carbonyl (C=O) groups is 2. The first-order chi connectivity index (χ1) is 17.3. The van der Waals surface area contributed by atoms with E-state index in [1.165, 1.54) is 23.7 Å². The predicted octanol–water partition coefficient (Wildman–Crippen LogP) is 5.70. The van der Waals surface area contributed by atoms with Crippen molar-refractivity contribution in [1.29, 1.82) is 0 Å². The fourth-order valence-corrected chi connectivity index (χ4v) is 6.53. The maximum absolute atomic E-state index is 13.9. The van der Waals surface area contributed by atoms with E-state index in [9.17, 15) is 22.8 Å². The number of hydrogen-bond acceptors (Lipinski definition) is 6. The van der Waals surface area contributed by atoms with Crippen LogP contribution in [0.1, 0.15) is 82.7 Å². The zero-order valence-corrected chi connectivity index (χ0v) is 21.4. The van der Waals surface area contributed by atoms with Crippen molar-refractivity contribution < 1.29 is 27.2 Å². The van der Waals surface area contributed by atoms with Gasteiger partial charge in [0.25, 0.3) is 11.8 Å². The molecule has 8 nitrogen and oxygen atoms in total. The van der Waals surface area contributed by atoms with E-state index in [-0.39, 0.29) is 28.9 Å². The molecule has 12 heteroatoms. The number of fused-ring (bicyclic) bond motifs is 2. The number of anilines is 2. The van der Waals surface area contributed by atoms with Gasteiger partial charge in [0.2, 0.25) is 0 Å². The Kier molecular flexibility index (Phi) is 6.12. The molecule has 0 fully saturated rings. The van der Waals surface area contributed by atoms with Gasteiger partial charge in [-0.25, -0.2) is 4.68 Å². The lowest BCUT2D eigenvalue weighted by atomic mass is 9.72. The Morgan fingerprint density at radius 3 is 2.68 bits per heavy atom. The minimum atomic E-state index is -4.59. The molecule has 2 amide bonds. The molecule has 0 spiro atoms. The van der Waals surface area contributed by atoms with Gasteiger partial charge < -0.3 is 20.8 Å². The molecule has 2 aliphatic rings. The molecule has 4 heterocycles. The Hall–Kier alpha value is -3.28. The molecular weight excluding hydrogens is 507 g/mol. The third kappa shape index (κ3) is 4.74. The van der Waals surface area contributed by atoms with Crippen molar-refractivity contribution in [2.45, 2.75) is 64.7 Å². The molecule has 37 heavy (non-hydrogen) atoms. The summed E-state index contributed by atoms with van der Waals surface area (Å²) in [5, 5.41) is 9.97.